The van der Waals surface area contributed by atoms with Gasteiger partial charge < -0.3 is 20.5 Å². The number of hydrogen-bond acceptors (Lipinski definition) is 4. The van der Waals surface area contributed by atoms with Gasteiger partial charge in [-0.3, -0.25) is 4.79 Å². The van der Waals surface area contributed by atoms with Crippen molar-refractivity contribution in [3.8, 4) is 11.1 Å². The van der Waals surface area contributed by atoms with Gasteiger partial charge in [-0.25, -0.2) is 9.59 Å². The molecule has 1 aliphatic rings. The van der Waals surface area contributed by atoms with E-state index in [0.717, 1.165) is 27.8 Å². The molecule has 0 aliphatic heterocycles. The summed E-state index contributed by atoms with van der Waals surface area (Å²) in [5, 5.41) is 14.6. The van der Waals surface area contributed by atoms with E-state index in [-0.39, 0.29) is 43.7 Å². The van der Waals surface area contributed by atoms with Crippen LogP contribution in [0.15, 0.2) is 60.2 Å². The van der Waals surface area contributed by atoms with Gasteiger partial charge in [0.1, 0.15) is 12.6 Å². The van der Waals surface area contributed by atoms with Gasteiger partial charge in [-0.15, -0.1) is 0 Å². The van der Waals surface area contributed by atoms with E-state index in [1.807, 2.05) is 45.0 Å². The highest BCUT2D eigenvalue weighted by molar-refractivity contribution is 5.84. The summed E-state index contributed by atoms with van der Waals surface area (Å²) in [5.74, 6) is -1.64. The number of allylic oxidation sites excluding steroid dienone is 1. The van der Waals surface area contributed by atoms with Gasteiger partial charge in [-0.2, -0.15) is 0 Å². The van der Waals surface area contributed by atoms with Crippen LogP contribution in [0.4, 0.5) is 4.79 Å². The fourth-order valence-electron chi connectivity index (χ4n) is 4.12. The maximum atomic E-state index is 12.3. The van der Waals surface area contributed by atoms with Gasteiger partial charge in [0.05, 0.1) is 0 Å². The smallest absolute Gasteiger partial charge is 0.407 e. The molecular formula is C27H32N2O5. The predicted octanol–water partition coefficient (Wildman–Crippen LogP) is 4.48. The number of nitrogens with one attached hydrogen (secondary N) is 2. The van der Waals surface area contributed by atoms with Crippen LogP contribution in [0, 0.1) is 5.92 Å². The standard InChI is InChI=1S/C27H32N2O5/c1-17(2)12-13-24(26(31)32)29-25(30)14-18(3)15-28-27(33)34-16-23-21-10-6-4-8-19(21)20-9-5-7-11-22(20)23/h4-12,18,23-24H,13-16H2,1-3H3,(H,28,33)(H,29,30)(H,31,32). The Labute approximate surface area is 200 Å². The fraction of sp³-hybridized carbons (Fsp3) is 0.370. The zero-order valence-electron chi connectivity index (χ0n) is 19.8. The number of rotatable bonds is 10. The van der Waals surface area contributed by atoms with E-state index >= 15 is 0 Å². The van der Waals surface area contributed by atoms with Crippen molar-refractivity contribution in [1.82, 2.24) is 10.6 Å². The summed E-state index contributed by atoms with van der Waals surface area (Å²) in [4.78, 5) is 35.9. The van der Waals surface area contributed by atoms with Crippen LogP contribution in [-0.4, -0.2) is 42.3 Å². The number of alkyl carbamates (subject to hydrolysis) is 1. The minimum absolute atomic E-state index is 0.0184. The fourth-order valence-corrected chi connectivity index (χ4v) is 4.12. The summed E-state index contributed by atoms with van der Waals surface area (Å²) in [6, 6.07) is 15.3. The second-order valence-corrected chi connectivity index (χ2v) is 8.99. The van der Waals surface area contributed by atoms with Crippen molar-refractivity contribution in [2.75, 3.05) is 13.2 Å². The number of fused-ring (bicyclic) bond motifs is 3. The van der Waals surface area contributed by atoms with E-state index in [1.165, 1.54) is 0 Å². The Hall–Kier alpha value is -3.61. The number of carboxylic acid groups (broad SMARTS) is 1. The van der Waals surface area contributed by atoms with Crippen molar-refractivity contribution in [3.63, 3.8) is 0 Å². The van der Waals surface area contributed by atoms with Crippen LogP contribution < -0.4 is 10.6 Å². The highest BCUT2D eigenvalue weighted by Crippen LogP contribution is 2.44. The normalized spacial score (nSPS) is 13.7. The van der Waals surface area contributed by atoms with Gasteiger partial charge in [-0.05, 0) is 48.4 Å². The Morgan fingerprint density at radius 1 is 1.03 bits per heavy atom. The lowest BCUT2D eigenvalue weighted by Crippen LogP contribution is -2.41. The molecule has 7 nitrogen and oxygen atoms in total. The molecule has 3 rings (SSSR count). The lowest BCUT2D eigenvalue weighted by molar-refractivity contribution is -0.141. The first kappa shape index (κ1) is 25.0. The maximum Gasteiger partial charge on any atom is 0.407 e. The van der Waals surface area contributed by atoms with E-state index in [2.05, 4.69) is 34.9 Å². The Morgan fingerprint density at radius 3 is 2.18 bits per heavy atom. The molecule has 0 radical (unpaired) electrons. The molecule has 0 fully saturated rings. The number of carbonyl (C=O) groups is 3. The van der Waals surface area contributed by atoms with Gasteiger partial charge in [-0.1, -0.05) is 67.1 Å². The summed E-state index contributed by atoms with van der Waals surface area (Å²) in [6.07, 6.45) is 1.57. The molecule has 3 N–H and O–H groups in total. The Bertz CT molecular complexity index is 1030. The lowest BCUT2D eigenvalue weighted by Gasteiger charge is -2.17. The summed E-state index contributed by atoms with van der Waals surface area (Å²) in [7, 11) is 0. The second kappa shape index (κ2) is 11.5. The topological polar surface area (TPSA) is 105 Å². The second-order valence-electron chi connectivity index (χ2n) is 8.99. The quantitative estimate of drug-likeness (QED) is 0.450. The third-order valence-electron chi connectivity index (χ3n) is 5.87. The van der Waals surface area contributed by atoms with Crippen molar-refractivity contribution >= 4 is 18.0 Å². The molecule has 0 saturated carbocycles. The summed E-state index contributed by atoms with van der Waals surface area (Å²) < 4.78 is 5.51. The molecule has 180 valence electrons. The molecule has 0 heterocycles. The number of benzene rings is 2. The number of hydrogen-bond donors (Lipinski definition) is 3. The molecule has 1 aliphatic carbocycles. The molecule has 0 bridgehead atoms. The van der Waals surface area contributed by atoms with Crippen molar-refractivity contribution in [2.24, 2.45) is 5.92 Å². The first-order valence-electron chi connectivity index (χ1n) is 11.5. The number of amides is 2. The highest BCUT2D eigenvalue weighted by atomic mass is 16.5. The van der Waals surface area contributed by atoms with Crippen molar-refractivity contribution in [2.45, 2.75) is 45.6 Å². The Balaban J connectivity index is 1.46. The van der Waals surface area contributed by atoms with Crippen LogP contribution in [0.1, 0.15) is 50.7 Å². The van der Waals surface area contributed by atoms with Crippen LogP contribution in [0.2, 0.25) is 0 Å². The molecule has 7 heteroatoms. The highest BCUT2D eigenvalue weighted by Gasteiger charge is 2.29. The van der Waals surface area contributed by atoms with E-state index in [4.69, 9.17) is 4.74 Å². The molecule has 2 aromatic rings. The molecule has 0 spiro atoms. The molecule has 2 amide bonds. The first-order valence-corrected chi connectivity index (χ1v) is 11.5. The van der Waals surface area contributed by atoms with E-state index < -0.39 is 18.1 Å². The van der Waals surface area contributed by atoms with Gasteiger partial charge in [0.15, 0.2) is 0 Å². The number of aliphatic carboxylic acids is 1. The first-order chi connectivity index (χ1) is 16.3. The zero-order valence-corrected chi connectivity index (χ0v) is 19.8. The Morgan fingerprint density at radius 2 is 1.62 bits per heavy atom. The molecule has 34 heavy (non-hydrogen) atoms. The average molecular weight is 465 g/mol. The zero-order chi connectivity index (χ0) is 24.7. The third-order valence-corrected chi connectivity index (χ3v) is 5.87. The molecule has 2 atom stereocenters. The van der Waals surface area contributed by atoms with Crippen LogP contribution in [0.3, 0.4) is 0 Å². The molecular weight excluding hydrogens is 432 g/mol. The van der Waals surface area contributed by atoms with Crippen LogP contribution >= 0.6 is 0 Å². The summed E-state index contributed by atoms with van der Waals surface area (Å²) >= 11 is 0. The number of carbonyl (C=O) groups excluding carboxylic acids is 2. The van der Waals surface area contributed by atoms with Crippen LogP contribution in [0.25, 0.3) is 11.1 Å². The average Bonchev–Trinajstić information content (AvgIpc) is 3.12. The van der Waals surface area contributed by atoms with Gasteiger partial charge in [0, 0.05) is 18.9 Å². The van der Waals surface area contributed by atoms with Crippen LogP contribution in [0.5, 0.6) is 0 Å². The summed E-state index contributed by atoms with van der Waals surface area (Å²) in [5.41, 5.74) is 5.60. The monoisotopic (exact) mass is 464 g/mol. The van der Waals surface area contributed by atoms with E-state index in [1.54, 1.807) is 6.08 Å². The van der Waals surface area contributed by atoms with Crippen molar-refractivity contribution in [3.05, 3.63) is 71.3 Å². The van der Waals surface area contributed by atoms with E-state index in [9.17, 15) is 19.5 Å². The van der Waals surface area contributed by atoms with Gasteiger partial charge in [0.2, 0.25) is 5.91 Å². The minimum atomic E-state index is -1.07. The van der Waals surface area contributed by atoms with Crippen molar-refractivity contribution < 1.29 is 24.2 Å². The minimum Gasteiger partial charge on any atom is -0.480 e. The van der Waals surface area contributed by atoms with Gasteiger partial charge in [0.25, 0.3) is 0 Å². The largest absolute Gasteiger partial charge is 0.480 e. The maximum absolute atomic E-state index is 12.3. The van der Waals surface area contributed by atoms with Gasteiger partial charge >= 0.3 is 12.1 Å². The third kappa shape index (κ3) is 6.47. The molecule has 2 unspecified atom stereocenters. The molecule has 0 saturated heterocycles. The van der Waals surface area contributed by atoms with Crippen LogP contribution in [-0.2, 0) is 14.3 Å². The van der Waals surface area contributed by atoms with Crippen molar-refractivity contribution in [1.29, 1.82) is 0 Å². The molecule has 2 aromatic carbocycles. The molecule has 0 aromatic heterocycles. The Kier molecular flexibility index (Phi) is 8.46. The van der Waals surface area contributed by atoms with E-state index in [0.29, 0.717) is 0 Å². The number of carboxylic acids is 1. The SMILES string of the molecule is CC(C)=CCC(NC(=O)CC(C)CNC(=O)OCC1c2ccccc2-c2ccccc21)C(=O)O. The summed E-state index contributed by atoms with van der Waals surface area (Å²) in [6.45, 7) is 6.03. The number of ether oxygens (including phenoxy) is 1. The predicted molar refractivity (Wildman–Crippen MR) is 130 cm³/mol. The lowest BCUT2D eigenvalue weighted by atomic mass is 9.98.